The van der Waals surface area contributed by atoms with Gasteiger partial charge in [0.25, 0.3) is 0 Å². The highest BCUT2D eigenvalue weighted by Gasteiger charge is 2.31. The SMILES string of the molecule is CCOc1ccc(Br)cc1S(=O)(=O)N1CC[NH+](C)CC1. The van der Waals surface area contributed by atoms with Gasteiger partial charge in [0, 0.05) is 4.47 Å². The Morgan fingerprint density at radius 2 is 2.00 bits per heavy atom. The van der Waals surface area contributed by atoms with Crippen molar-refractivity contribution >= 4 is 26.0 Å². The number of halogens is 1. The predicted molar refractivity (Wildman–Crippen MR) is 80.7 cm³/mol. The number of hydrogen-bond acceptors (Lipinski definition) is 3. The highest BCUT2D eigenvalue weighted by Crippen LogP contribution is 2.30. The van der Waals surface area contributed by atoms with Crippen LogP contribution >= 0.6 is 15.9 Å². The molecular weight excluding hydrogens is 344 g/mol. The third-order valence-electron chi connectivity index (χ3n) is 3.40. The summed E-state index contributed by atoms with van der Waals surface area (Å²) in [5, 5.41) is 0. The van der Waals surface area contributed by atoms with Crippen LogP contribution in [-0.2, 0) is 10.0 Å². The Morgan fingerprint density at radius 3 is 2.60 bits per heavy atom. The highest BCUT2D eigenvalue weighted by molar-refractivity contribution is 9.10. The van der Waals surface area contributed by atoms with Crippen LogP contribution in [0.3, 0.4) is 0 Å². The van der Waals surface area contributed by atoms with Crippen LogP contribution in [0.25, 0.3) is 0 Å². The number of piperazine rings is 1. The third kappa shape index (κ3) is 3.33. The zero-order valence-corrected chi connectivity index (χ0v) is 14.1. The van der Waals surface area contributed by atoms with Crippen LogP contribution < -0.4 is 9.64 Å². The number of sulfonamides is 1. The molecule has 0 atom stereocenters. The molecule has 1 aromatic carbocycles. The predicted octanol–water partition coefficient (Wildman–Crippen LogP) is 0.367. The van der Waals surface area contributed by atoms with Gasteiger partial charge >= 0.3 is 0 Å². The average molecular weight is 364 g/mol. The summed E-state index contributed by atoms with van der Waals surface area (Å²) in [5.74, 6) is 0.418. The van der Waals surface area contributed by atoms with E-state index in [0.717, 1.165) is 17.6 Å². The van der Waals surface area contributed by atoms with Crippen LogP contribution in [0.4, 0.5) is 0 Å². The smallest absolute Gasteiger partial charge is 0.247 e. The summed E-state index contributed by atoms with van der Waals surface area (Å²) in [6.07, 6.45) is 0. The van der Waals surface area contributed by atoms with E-state index >= 15 is 0 Å². The molecule has 2 rings (SSSR count). The first-order chi connectivity index (χ1) is 9.45. The van der Waals surface area contributed by atoms with E-state index in [1.165, 1.54) is 4.90 Å². The number of benzene rings is 1. The minimum absolute atomic E-state index is 0.244. The van der Waals surface area contributed by atoms with Crippen LogP contribution in [0.5, 0.6) is 5.75 Å². The lowest BCUT2D eigenvalue weighted by atomic mass is 10.3. The molecule has 1 aliphatic heterocycles. The minimum atomic E-state index is -3.50. The highest BCUT2D eigenvalue weighted by atomic mass is 79.9. The van der Waals surface area contributed by atoms with Gasteiger partial charge in [-0.2, -0.15) is 4.31 Å². The van der Waals surface area contributed by atoms with E-state index < -0.39 is 10.0 Å². The standard InChI is InChI=1S/C13H19BrN2O3S/c1-3-19-12-5-4-11(14)10-13(12)20(17,18)16-8-6-15(2)7-9-16/h4-5,10H,3,6-9H2,1-2H3/p+1. The Kier molecular flexibility index (Phi) is 5.06. The number of rotatable bonds is 4. The Bertz CT molecular complexity index is 569. The molecule has 1 aromatic rings. The Morgan fingerprint density at radius 1 is 1.35 bits per heavy atom. The summed E-state index contributed by atoms with van der Waals surface area (Å²) >= 11 is 3.33. The fourth-order valence-corrected chi connectivity index (χ4v) is 4.32. The van der Waals surface area contributed by atoms with Gasteiger partial charge < -0.3 is 9.64 Å². The lowest BCUT2D eigenvalue weighted by molar-refractivity contribution is -0.883. The van der Waals surface area contributed by atoms with Crippen molar-refractivity contribution in [3.63, 3.8) is 0 Å². The van der Waals surface area contributed by atoms with Crippen LogP contribution in [0.15, 0.2) is 27.6 Å². The first kappa shape index (κ1) is 15.8. The van der Waals surface area contributed by atoms with E-state index in [9.17, 15) is 8.42 Å². The van der Waals surface area contributed by atoms with Gasteiger partial charge in [-0.1, -0.05) is 15.9 Å². The molecule has 1 aliphatic rings. The number of ether oxygens (including phenoxy) is 1. The quantitative estimate of drug-likeness (QED) is 0.840. The van der Waals surface area contributed by atoms with Crippen LogP contribution in [0.2, 0.25) is 0 Å². The molecule has 0 unspecified atom stereocenters. The molecule has 5 nitrogen and oxygen atoms in total. The van der Waals surface area contributed by atoms with Crippen molar-refractivity contribution in [2.24, 2.45) is 0 Å². The van der Waals surface area contributed by atoms with Crippen molar-refractivity contribution in [2.45, 2.75) is 11.8 Å². The van der Waals surface area contributed by atoms with Gasteiger partial charge in [-0.25, -0.2) is 8.42 Å². The fourth-order valence-electron chi connectivity index (χ4n) is 2.21. The number of likely N-dealkylation sites (N-methyl/N-ethyl adjacent to an activating group) is 1. The molecule has 112 valence electrons. The van der Waals surface area contributed by atoms with Crippen molar-refractivity contribution in [3.05, 3.63) is 22.7 Å². The summed E-state index contributed by atoms with van der Waals surface area (Å²) < 4.78 is 33.3. The molecular formula is C13H20BrN2O3S+. The van der Waals surface area contributed by atoms with E-state index in [0.29, 0.717) is 25.4 Å². The summed E-state index contributed by atoms with van der Waals surface area (Å²) in [4.78, 5) is 1.60. The Balaban J connectivity index is 2.35. The molecule has 1 saturated heterocycles. The van der Waals surface area contributed by atoms with Gasteiger partial charge in [0.05, 0.1) is 39.8 Å². The molecule has 0 spiro atoms. The average Bonchev–Trinajstić information content (AvgIpc) is 2.41. The maximum absolute atomic E-state index is 12.8. The van der Waals surface area contributed by atoms with E-state index in [1.807, 2.05) is 6.92 Å². The van der Waals surface area contributed by atoms with Crippen molar-refractivity contribution in [3.8, 4) is 5.75 Å². The van der Waals surface area contributed by atoms with Gasteiger partial charge in [0.1, 0.15) is 10.6 Å². The molecule has 20 heavy (non-hydrogen) atoms. The Labute approximate surface area is 128 Å². The van der Waals surface area contributed by atoms with Gasteiger partial charge in [0.2, 0.25) is 10.0 Å². The molecule has 1 fully saturated rings. The number of nitrogens with one attached hydrogen (secondary N) is 1. The van der Waals surface area contributed by atoms with Crippen molar-refractivity contribution in [1.29, 1.82) is 0 Å². The monoisotopic (exact) mass is 363 g/mol. The minimum Gasteiger partial charge on any atom is -0.492 e. The molecule has 0 aliphatic carbocycles. The lowest BCUT2D eigenvalue weighted by Gasteiger charge is -2.29. The van der Waals surface area contributed by atoms with E-state index in [2.05, 4.69) is 23.0 Å². The summed E-state index contributed by atoms with van der Waals surface area (Å²) in [5.41, 5.74) is 0. The number of nitrogens with zero attached hydrogens (tertiary/aromatic N) is 1. The zero-order chi connectivity index (χ0) is 14.8. The number of quaternary nitrogens is 1. The van der Waals surface area contributed by atoms with Crippen LogP contribution in [0.1, 0.15) is 6.92 Å². The maximum atomic E-state index is 12.8. The summed E-state index contributed by atoms with van der Waals surface area (Å²) in [6.45, 7) is 5.04. The molecule has 1 heterocycles. The van der Waals surface area contributed by atoms with Gasteiger partial charge in [-0.3, -0.25) is 0 Å². The normalized spacial score (nSPS) is 18.1. The first-order valence-electron chi connectivity index (χ1n) is 6.69. The second kappa shape index (κ2) is 6.43. The molecule has 0 radical (unpaired) electrons. The second-order valence-electron chi connectivity index (χ2n) is 4.89. The van der Waals surface area contributed by atoms with Gasteiger partial charge in [-0.05, 0) is 25.1 Å². The maximum Gasteiger partial charge on any atom is 0.247 e. The molecule has 1 N–H and O–H groups in total. The van der Waals surface area contributed by atoms with Crippen LogP contribution in [-0.4, -0.2) is 52.6 Å². The molecule has 7 heteroatoms. The van der Waals surface area contributed by atoms with Crippen molar-refractivity contribution in [1.82, 2.24) is 4.31 Å². The largest absolute Gasteiger partial charge is 0.492 e. The summed E-state index contributed by atoms with van der Waals surface area (Å²) in [6, 6.07) is 5.10. The Hall–Kier alpha value is -0.630. The molecule has 0 aromatic heterocycles. The van der Waals surface area contributed by atoms with Gasteiger partial charge in [-0.15, -0.1) is 0 Å². The van der Waals surface area contributed by atoms with E-state index in [4.69, 9.17) is 4.74 Å². The van der Waals surface area contributed by atoms with Crippen molar-refractivity contribution < 1.29 is 18.1 Å². The zero-order valence-electron chi connectivity index (χ0n) is 11.7. The molecule has 0 saturated carbocycles. The summed E-state index contributed by atoms with van der Waals surface area (Å²) in [7, 11) is -1.42. The number of hydrogen-bond donors (Lipinski definition) is 1. The topological polar surface area (TPSA) is 51.1 Å². The van der Waals surface area contributed by atoms with Crippen molar-refractivity contribution in [2.75, 3.05) is 39.8 Å². The van der Waals surface area contributed by atoms with E-state index in [-0.39, 0.29) is 4.90 Å². The fraction of sp³-hybridized carbons (Fsp3) is 0.538. The lowest BCUT2D eigenvalue weighted by Crippen LogP contribution is -3.12. The van der Waals surface area contributed by atoms with Gasteiger partial charge in [0.15, 0.2) is 0 Å². The third-order valence-corrected chi connectivity index (χ3v) is 5.81. The molecule has 0 amide bonds. The van der Waals surface area contributed by atoms with Crippen LogP contribution in [0, 0.1) is 0 Å². The first-order valence-corrected chi connectivity index (χ1v) is 8.92. The second-order valence-corrected chi connectivity index (χ2v) is 7.71. The molecule has 0 bridgehead atoms. The van der Waals surface area contributed by atoms with E-state index in [1.54, 1.807) is 22.5 Å².